The molecule has 2 rings (SSSR count). The van der Waals surface area contributed by atoms with Crippen molar-refractivity contribution >= 4 is 21.7 Å². The molecule has 0 aromatic heterocycles. The fourth-order valence-electron chi connectivity index (χ4n) is 2.28. The summed E-state index contributed by atoms with van der Waals surface area (Å²) in [6.07, 6.45) is 1.20. The van der Waals surface area contributed by atoms with Gasteiger partial charge in [0.25, 0.3) is 5.91 Å². The number of rotatable bonds is 6. The smallest absolute Gasteiger partial charge is 0.253 e. The van der Waals surface area contributed by atoms with Crippen LogP contribution in [-0.4, -0.2) is 49.2 Å². The number of benzene rings is 1. The van der Waals surface area contributed by atoms with Crippen molar-refractivity contribution in [2.75, 3.05) is 18.8 Å². The predicted molar refractivity (Wildman–Crippen MR) is 87.6 cm³/mol. The van der Waals surface area contributed by atoms with Crippen molar-refractivity contribution < 1.29 is 18.0 Å². The van der Waals surface area contributed by atoms with Crippen molar-refractivity contribution in [3.8, 4) is 0 Å². The average Bonchev–Trinajstić information content (AvgIpc) is 2.51. The van der Waals surface area contributed by atoms with Crippen LogP contribution in [-0.2, 0) is 21.2 Å². The summed E-state index contributed by atoms with van der Waals surface area (Å²) in [5.74, 6) is -0.326. The topological polar surface area (TPSA) is 83.6 Å². The van der Waals surface area contributed by atoms with E-state index in [1.807, 2.05) is 0 Å². The Morgan fingerprint density at radius 3 is 2.43 bits per heavy atom. The molecule has 1 aliphatic rings. The lowest BCUT2D eigenvalue weighted by molar-refractivity contribution is -0.116. The van der Waals surface area contributed by atoms with Gasteiger partial charge in [0.05, 0.1) is 5.25 Å². The van der Waals surface area contributed by atoms with Crippen LogP contribution in [0.2, 0.25) is 0 Å². The molecule has 1 aliphatic heterocycles. The quantitative estimate of drug-likeness (QED) is 0.777. The molecule has 0 radical (unpaired) electrons. The Morgan fingerprint density at radius 1 is 1.30 bits per heavy atom. The second-order valence-corrected chi connectivity index (χ2v) is 7.97. The van der Waals surface area contributed by atoms with Crippen LogP contribution in [0.3, 0.4) is 0 Å². The van der Waals surface area contributed by atoms with Gasteiger partial charge in [0.15, 0.2) is 9.84 Å². The van der Waals surface area contributed by atoms with Crippen molar-refractivity contribution in [2.24, 2.45) is 0 Å². The van der Waals surface area contributed by atoms with E-state index in [-0.39, 0.29) is 30.7 Å². The molecule has 0 atom stereocenters. The summed E-state index contributed by atoms with van der Waals surface area (Å²) in [7, 11) is -3.08. The molecule has 124 valence electrons. The van der Waals surface area contributed by atoms with E-state index in [2.05, 4.69) is 11.9 Å². The minimum Gasteiger partial charge on any atom is -0.348 e. The number of hydrogen-bond donors (Lipinski definition) is 1. The van der Waals surface area contributed by atoms with Crippen LogP contribution in [0.5, 0.6) is 0 Å². The third kappa shape index (κ3) is 3.98. The number of hydrogen-bond acceptors (Lipinski definition) is 4. The fourth-order valence-corrected chi connectivity index (χ4v) is 3.56. The molecule has 1 N–H and O–H groups in total. The second-order valence-electron chi connectivity index (χ2n) is 5.40. The van der Waals surface area contributed by atoms with E-state index in [1.54, 1.807) is 31.2 Å². The number of carbonyl (C=O) groups excluding carboxylic acids is 2. The van der Waals surface area contributed by atoms with Crippen LogP contribution in [0.1, 0.15) is 22.8 Å². The molecule has 0 unspecified atom stereocenters. The maximum Gasteiger partial charge on any atom is 0.253 e. The van der Waals surface area contributed by atoms with Gasteiger partial charge in [-0.25, -0.2) is 8.42 Å². The fraction of sp³-hybridized carbons (Fsp3) is 0.375. The van der Waals surface area contributed by atoms with Crippen LogP contribution in [0, 0.1) is 0 Å². The first-order valence-electron chi connectivity index (χ1n) is 7.37. The minimum absolute atomic E-state index is 0.102. The standard InChI is InChI=1S/C16H20N2O4S/c1-3-15(19)17-9-12-5-7-13(8-6-12)16(20)18-10-14(11-18)23(21,22)4-2/h3,5-8,14H,1,4,9-11H2,2H3,(H,17,19). The third-order valence-corrected chi connectivity index (χ3v) is 6.02. The molecule has 23 heavy (non-hydrogen) atoms. The molecule has 0 aliphatic carbocycles. The van der Waals surface area contributed by atoms with E-state index in [0.717, 1.165) is 5.56 Å². The number of nitrogens with one attached hydrogen (secondary N) is 1. The largest absolute Gasteiger partial charge is 0.348 e. The normalized spacial score (nSPS) is 14.9. The van der Waals surface area contributed by atoms with Gasteiger partial charge in [0.1, 0.15) is 0 Å². The van der Waals surface area contributed by atoms with Crippen molar-refractivity contribution in [3.05, 3.63) is 48.0 Å². The summed E-state index contributed by atoms with van der Waals surface area (Å²) in [4.78, 5) is 24.9. The maximum absolute atomic E-state index is 12.3. The van der Waals surface area contributed by atoms with E-state index in [4.69, 9.17) is 0 Å². The van der Waals surface area contributed by atoms with Gasteiger partial charge < -0.3 is 10.2 Å². The summed E-state index contributed by atoms with van der Waals surface area (Å²) in [6, 6.07) is 6.88. The molecule has 6 nitrogen and oxygen atoms in total. The summed E-state index contributed by atoms with van der Waals surface area (Å²) >= 11 is 0. The minimum atomic E-state index is -3.08. The van der Waals surface area contributed by atoms with E-state index in [1.165, 1.54) is 11.0 Å². The third-order valence-electron chi connectivity index (χ3n) is 3.90. The van der Waals surface area contributed by atoms with E-state index in [0.29, 0.717) is 12.1 Å². The monoisotopic (exact) mass is 336 g/mol. The van der Waals surface area contributed by atoms with Gasteiger partial charge in [-0.15, -0.1) is 0 Å². The predicted octanol–water partition coefficient (Wildman–Crippen LogP) is 0.748. The van der Waals surface area contributed by atoms with E-state index >= 15 is 0 Å². The summed E-state index contributed by atoms with van der Waals surface area (Å²) in [5.41, 5.74) is 1.38. The van der Waals surface area contributed by atoms with Crippen LogP contribution >= 0.6 is 0 Å². The molecule has 0 spiro atoms. The van der Waals surface area contributed by atoms with Gasteiger partial charge in [-0.1, -0.05) is 25.6 Å². The molecule has 2 amide bonds. The van der Waals surface area contributed by atoms with Crippen molar-refractivity contribution in [1.29, 1.82) is 0 Å². The zero-order valence-electron chi connectivity index (χ0n) is 13.0. The molecule has 7 heteroatoms. The average molecular weight is 336 g/mol. The Morgan fingerprint density at radius 2 is 1.91 bits per heavy atom. The first kappa shape index (κ1) is 17.2. The highest BCUT2D eigenvalue weighted by Crippen LogP contribution is 2.20. The van der Waals surface area contributed by atoms with Crippen molar-refractivity contribution in [3.63, 3.8) is 0 Å². The Kier molecular flexibility index (Phi) is 5.20. The second kappa shape index (κ2) is 6.95. The van der Waals surface area contributed by atoms with Gasteiger partial charge in [0, 0.05) is 31.0 Å². The number of nitrogens with zero attached hydrogens (tertiary/aromatic N) is 1. The number of carbonyl (C=O) groups is 2. The molecule has 1 saturated heterocycles. The summed E-state index contributed by atoms with van der Waals surface area (Å²) in [6.45, 7) is 5.86. The Balaban J connectivity index is 1.92. The van der Waals surface area contributed by atoms with Gasteiger partial charge in [0.2, 0.25) is 5.91 Å². The Bertz CT molecular complexity index is 704. The molecule has 0 saturated carbocycles. The lowest BCUT2D eigenvalue weighted by atomic mass is 10.1. The first-order valence-corrected chi connectivity index (χ1v) is 9.09. The first-order chi connectivity index (χ1) is 10.9. The number of sulfone groups is 1. The molecule has 1 aromatic rings. The van der Waals surface area contributed by atoms with Crippen LogP contribution in [0.25, 0.3) is 0 Å². The highest BCUT2D eigenvalue weighted by molar-refractivity contribution is 7.92. The van der Waals surface area contributed by atoms with E-state index in [9.17, 15) is 18.0 Å². The maximum atomic E-state index is 12.3. The van der Waals surface area contributed by atoms with Crippen molar-refractivity contribution in [1.82, 2.24) is 10.2 Å². The number of amides is 2. The zero-order valence-corrected chi connectivity index (χ0v) is 13.8. The van der Waals surface area contributed by atoms with E-state index < -0.39 is 15.1 Å². The van der Waals surface area contributed by atoms with Crippen molar-refractivity contribution in [2.45, 2.75) is 18.7 Å². The van der Waals surface area contributed by atoms with Crippen LogP contribution in [0.4, 0.5) is 0 Å². The van der Waals surface area contributed by atoms with Gasteiger partial charge in [-0.3, -0.25) is 9.59 Å². The molecular formula is C16H20N2O4S. The van der Waals surface area contributed by atoms with Gasteiger partial charge in [-0.2, -0.15) is 0 Å². The Hall–Kier alpha value is -2.15. The molecular weight excluding hydrogens is 316 g/mol. The molecule has 0 bridgehead atoms. The molecule has 1 aromatic carbocycles. The van der Waals surface area contributed by atoms with Gasteiger partial charge in [-0.05, 0) is 23.8 Å². The number of likely N-dealkylation sites (tertiary alicyclic amines) is 1. The molecule has 1 fully saturated rings. The lowest BCUT2D eigenvalue weighted by Gasteiger charge is -2.38. The lowest BCUT2D eigenvalue weighted by Crippen LogP contribution is -2.57. The Labute approximate surface area is 136 Å². The molecule has 1 heterocycles. The van der Waals surface area contributed by atoms with Gasteiger partial charge >= 0.3 is 0 Å². The highest BCUT2D eigenvalue weighted by atomic mass is 32.2. The van der Waals surface area contributed by atoms with Crippen LogP contribution in [0.15, 0.2) is 36.9 Å². The van der Waals surface area contributed by atoms with Crippen LogP contribution < -0.4 is 5.32 Å². The zero-order chi connectivity index (χ0) is 17.0. The summed E-state index contributed by atoms with van der Waals surface area (Å²) in [5, 5.41) is 2.21. The summed E-state index contributed by atoms with van der Waals surface area (Å²) < 4.78 is 23.4. The SMILES string of the molecule is C=CC(=O)NCc1ccc(C(=O)N2CC(S(=O)(=O)CC)C2)cc1. The highest BCUT2D eigenvalue weighted by Gasteiger charge is 2.38.